The molecule has 0 bridgehead atoms. The molecular formula is C92H113F2N12O14S+. The molecule has 0 spiro atoms. The quantitative estimate of drug-likeness (QED) is 0.0135. The minimum atomic E-state index is -4.08. The second kappa shape index (κ2) is 41.3. The number of hydrogen-bond acceptors (Lipinski definition) is 17. The molecule has 1 aliphatic carbocycles. The minimum absolute atomic E-state index is 0.0377. The summed E-state index contributed by atoms with van der Waals surface area (Å²) in [6, 6.07) is 35.3. The number of anilines is 1. The number of aromatic nitrogens is 3. The van der Waals surface area contributed by atoms with Crippen molar-refractivity contribution in [2.45, 2.75) is 180 Å². The molecule has 121 heavy (non-hydrogen) atoms. The van der Waals surface area contributed by atoms with Crippen LogP contribution < -0.4 is 30.9 Å². The third kappa shape index (κ3) is 23.6. The number of aryl methyl sites for hydroxylation is 2. The summed E-state index contributed by atoms with van der Waals surface area (Å²) in [5.41, 5.74) is 15.6. The highest BCUT2D eigenvalue weighted by Crippen LogP contribution is 2.49. The lowest BCUT2D eigenvalue weighted by Crippen LogP contribution is -2.46. The van der Waals surface area contributed by atoms with Gasteiger partial charge < -0.3 is 59.7 Å². The smallest absolute Gasteiger partial charge is 0.268 e. The van der Waals surface area contributed by atoms with E-state index in [2.05, 4.69) is 149 Å². The zero-order valence-corrected chi connectivity index (χ0v) is 71.0. The number of nitrogens with zero attached hydrogens (tertiary/aromatic N) is 8. The number of allylic oxidation sites excluding steroid dienone is 7. The number of nitriles is 1. The van der Waals surface area contributed by atoms with Crippen LogP contribution in [0.2, 0.25) is 0 Å². The van der Waals surface area contributed by atoms with Gasteiger partial charge in [0.2, 0.25) is 35.2 Å². The summed E-state index contributed by atoms with van der Waals surface area (Å²) in [7, 11) is -4.08. The van der Waals surface area contributed by atoms with Crippen LogP contribution in [0, 0.1) is 24.2 Å². The molecule has 6 aromatic rings. The third-order valence-electron chi connectivity index (χ3n) is 23.3. The van der Waals surface area contributed by atoms with Crippen LogP contribution in [0.4, 0.5) is 20.2 Å². The van der Waals surface area contributed by atoms with Gasteiger partial charge in [0.15, 0.2) is 5.71 Å². The maximum atomic E-state index is 14.1. The van der Waals surface area contributed by atoms with E-state index in [1.165, 1.54) is 22.5 Å². The van der Waals surface area contributed by atoms with Gasteiger partial charge >= 0.3 is 0 Å². The molecule has 6 amide bonds. The van der Waals surface area contributed by atoms with Gasteiger partial charge in [0, 0.05) is 123 Å². The van der Waals surface area contributed by atoms with Crippen LogP contribution in [-0.2, 0) is 89.9 Å². The van der Waals surface area contributed by atoms with Crippen molar-refractivity contribution in [3.05, 3.63) is 207 Å². The SMILES string of the molecule is CCCCC[N+]1=C(C=CC2=C(Oc3ccc(CCC(=O)NCCOCCOCCOCCOCCC(=O)NCCNC(=O)c4ccc(-c5cn(Cc6cccc7c6CN(C(=O)C[C@@H]6C[C@@H](C(=O)N8CC(F)(F)C[C@H]8C#N)NC6=O)C7)nn5)cc4)cc3)C(=CC=C3N(CCCCS(=O)(=O)O)c4ccc(C)cc4C3(C)C)CCC2)C(C)(C)c2ccccc21. The molecule has 0 radical (unpaired) electrons. The number of alkyl halides is 2. The maximum Gasteiger partial charge on any atom is 0.268 e. The number of unbranched alkanes of at least 4 members (excludes halogenated alkanes) is 3. The predicted octanol–water partition coefficient (Wildman–Crippen LogP) is 11.8. The predicted molar refractivity (Wildman–Crippen MR) is 454 cm³/mol. The van der Waals surface area contributed by atoms with Gasteiger partial charge in [-0.15, -0.1) is 5.10 Å². The van der Waals surface area contributed by atoms with Crippen molar-refractivity contribution < 1.29 is 78.8 Å². The molecule has 3 atom stereocenters. The Hall–Kier alpha value is -10.6. The fourth-order valence-electron chi connectivity index (χ4n) is 16.7. The first-order valence-electron chi connectivity index (χ1n) is 42.2. The Bertz CT molecular complexity index is 5050. The summed E-state index contributed by atoms with van der Waals surface area (Å²) in [4.78, 5) is 82.8. The number of amides is 6. The molecule has 5 aliphatic heterocycles. The summed E-state index contributed by atoms with van der Waals surface area (Å²) in [6.45, 7) is 18.4. The van der Waals surface area contributed by atoms with Gasteiger partial charge in [0.05, 0.1) is 89.4 Å². The van der Waals surface area contributed by atoms with E-state index in [1.807, 2.05) is 42.5 Å². The lowest BCUT2D eigenvalue weighted by molar-refractivity contribution is -0.438. The fraction of sp³-hybridized carbons (Fsp3) is 0.478. The van der Waals surface area contributed by atoms with E-state index in [4.69, 9.17) is 23.7 Å². The van der Waals surface area contributed by atoms with Gasteiger partial charge in [-0.1, -0.05) is 117 Å². The first kappa shape index (κ1) is 89.6. The largest absolute Gasteiger partial charge is 0.457 e. The molecular weight excluding hydrogens is 1570 g/mol. The van der Waals surface area contributed by atoms with E-state index >= 15 is 0 Å². The topological polar surface area (TPSA) is 318 Å². The number of nitrogens with one attached hydrogen (secondary N) is 4. The fourth-order valence-corrected chi connectivity index (χ4v) is 17.3. The molecule has 1 aromatic heterocycles. The number of ether oxygens (including phenoxy) is 5. The van der Waals surface area contributed by atoms with Gasteiger partial charge in [-0.25, -0.2) is 13.5 Å². The van der Waals surface area contributed by atoms with E-state index in [0.29, 0.717) is 122 Å². The summed E-state index contributed by atoms with van der Waals surface area (Å²) in [6.07, 6.45) is 17.7. The number of para-hydroxylation sites is 1. The highest BCUT2D eigenvalue weighted by atomic mass is 32.2. The molecule has 2 fully saturated rings. The number of hydrogen-bond donors (Lipinski definition) is 5. The van der Waals surface area contributed by atoms with Crippen molar-refractivity contribution in [2.75, 3.05) is 103 Å². The van der Waals surface area contributed by atoms with Gasteiger partial charge in [0.1, 0.15) is 35.8 Å². The highest BCUT2D eigenvalue weighted by molar-refractivity contribution is 7.85. The average Bonchev–Trinajstić information content (AvgIpc) is 1.33. The number of rotatable bonds is 42. The summed E-state index contributed by atoms with van der Waals surface area (Å²) >= 11 is 0. The Morgan fingerprint density at radius 1 is 0.769 bits per heavy atom. The van der Waals surface area contributed by atoms with Crippen molar-refractivity contribution in [3.63, 3.8) is 0 Å². The Labute approximate surface area is 707 Å². The van der Waals surface area contributed by atoms with E-state index in [0.717, 1.165) is 112 Å². The Kier molecular flexibility index (Phi) is 30.6. The zero-order chi connectivity index (χ0) is 85.9. The van der Waals surface area contributed by atoms with E-state index < -0.39 is 58.8 Å². The second-order valence-corrected chi connectivity index (χ2v) is 34.5. The van der Waals surface area contributed by atoms with Gasteiger partial charge in [-0.05, 0) is 154 Å². The van der Waals surface area contributed by atoms with Crippen LogP contribution in [0.1, 0.15) is 167 Å². The average molecular weight is 1680 g/mol. The van der Waals surface area contributed by atoms with Crippen molar-refractivity contribution >= 4 is 62.6 Å². The first-order chi connectivity index (χ1) is 58.2. The summed E-state index contributed by atoms with van der Waals surface area (Å²) in [5, 5.41) is 29.2. The molecule has 6 heterocycles. The molecule has 2 saturated heterocycles. The van der Waals surface area contributed by atoms with Crippen LogP contribution in [0.3, 0.4) is 0 Å². The van der Waals surface area contributed by atoms with Crippen molar-refractivity contribution in [3.8, 4) is 23.1 Å². The van der Waals surface area contributed by atoms with E-state index in [1.54, 1.807) is 46.1 Å². The van der Waals surface area contributed by atoms with Crippen LogP contribution >= 0.6 is 0 Å². The number of carbonyl (C=O) groups is 6. The number of fused-ring (bicyclic) bond motifs is 3. The lowest BCUT2D eigenvalue weighted by Gasteiger charge is -2.27. The Morgan fingerprint density at radius 3 is 2.23 bits per heavy atom. The standard InChI is InChI=1S/C92H112F2N12O14S/c1-7-8-11-42-104-79-21-10-9-20-75(79)90(3,4)81(104)35-30-66-16-14-17-67(31-36-82-91(5,6)76-53-63(2)22-34-80(76)105(82)43-12-13-52-121(113,114)115)86(66)120-73-32-23-64(24-33-73)25-37-83(107)97-41-45-117-47-49-119-51-50-118-48-46-116-44-38-84(108)96-39-40-98-87(110)68-28-26-65(27-29-68)78-61-103(101-100-78)59-70-19-15-18-69-58-102(60-74(69)70)85(109)55-71-54-77(99-88(71)111)89(112)106-62-92(93,94)56-72(106)57-95/h9-10,15,18-24,26-36,53,61,71-72,77H,7-8,11-14,16-17,25,37-52,54-56,58-60,62H2,1-6H3,(H4-,96,97,98,99,107,108,110,111,113,114,115)/p+1/t71-,72-,77-/m0/s1. The van der Waals surface area contributed by atoms with Crippen molar-refractivity contribution in [2.24, 2.45) is 5.92 Å². The Balaban J connectivity index is 0.505. The normalized spacial score (nSPS) is 18.9. The van der Waals surface area contributed by atoms with Crippen LogP contribution in [0.15, 0.2) is 162 Å². The molecule has 5 N–H and O–H groups in total. The molecule has 6 aliphatic rings. The van der Waals surface area contributed by atoms with Crippen molar-refractivity contribution in [1.29, 1.82) is 5.26 Å². The monoisotopic (exact) mass is 1680 g/mol. The first-order valence-corrected chi connectivity index (χ1v) is 43.8. The number of carbonyl (C=O) groups excluding carboxylic acids is 6. The van der Waals surface area contributed by atoms with Crippen LogP contribution in [0.25, 0.3) is 11.3 Å². The highest BCUT2D eigenvalue weighted by Gasteiger charge is 2.51. The molecule has 0 unspecified atom stereocenters. The minimum Gasteiger partial charge on any atom is -0.457 e. The number of benzene rings is 5. The van der Waals surface area contributed by atoms with Gasteiger partial charge in [-0.2, -0.15) is 18.3 Å². The van der Waals surface area contributed by atoms with Gasteiger partial charge in [-0.3, -0.25) is 33.3 Å². The van der Waals surface area contributed by atoms with E-state index in [-0.39, 0.29) is 79.2 Å². The third-order valence-corrected chi connectivity index (χ3v) is 24.1. The van der Waals surface area contributed by atoms with E-state index in [9.17, 15) is 55.8 Å². The zero-order valence-electron chi connectivity index (χ0n) is 70.1. The molecule has 5 aromatic carbocycles. The molecule has 29 heteroatoms. The second-order valence-electron chi connectivity index (χ2n) is 32.9. The van der Waals surface area contributed by atoms with Gasteiger partial charge in [0.25, 0.3) is 21.9 Å². The molecule has 644 valence electrons. The lowest BCUT2D eigenvalue weighted by atomic mass is 9.81. The maximum absolute atomic E-state index is 14.1. The van der Waals surface area contributed by atoms with Crippen LogP contribution in [0.5, 0.6) is 5.75 Å². The van der Waals surface area contributed by atoms with Crippen LogP contribution in [-0.4, -0.2) is 199 Å². The van der Waals surface area contributed by atoms with Crippen molar-refractivity contribution in [1.82, 2.24) is 46.1 Å². The number of likely N-dealkylation sites (tertiary alicyclic amines) is 1. The summed E-state index contributed by atoms with van der Waals surface area (Å²) in [5.74, 6) is -4.96. The summed E-state index contributed by atoms with van der Waals surface area (Å²) < 4.78 is 94.8. The molecule has 0 saturated carbocycles. The number of halogens is 2. The Morgan fingerprint density at radius 2 is 1.49 bits per heavy atom. The molecule has 12 rings (SSSR count). The molecule has 26 nitrogen and oxygen atoms in total.